The van der Waals surface area contributed by atoms with Crippen LogP contribution in [0.25, 0.3) is 0 Å². The highest BCUT2D eigenvalue weighted by atomic mass is 16.6. The summed E-state index contributed by atoms with van der Waals surface area (Å²) in [6.07, 6.45) is 18.8. The van der Waals surface area contributed by atoms with Crippen molar-refractivity contribution >= 4 is 35.4 Å². The third-order valence-corrected chi connectivity index (χ3v) is 16.1. The zero-order valence-electron chi connectivity index (χ0n) is 31.9. The third-order valence-electron chi connectivity index (χ3n) is 16.1. The van der Waals surface area contributed by atoms with Crippen molar-refractivity contribution < 1.29 is 47.7 Å². The minimum atomic E-state index is -0.827. The van der Waals surface area contributed by atoms with Crippen molar-refractivity contribution in [1.29, 1.82) is 0 Å². The van der Waals surface area contributed by atoms with E-state index >= 15 is 9.59 Å². The molecule has 0 aromatic carbocycles. The molecule has 9 saturated carbocycles. The number of esters is 4. The maximum atomic E-state index is 15.0. The Hall–Kier alpha value is -2.78. The number of rotatable bonds is 8. The predicted molar refractivity (Wildman–Crippen MR) is 193 cm³/mol. The van der Waals surface area contributed by atoms with Gasteiger partial charge in [-0.1, -0.05) is 25.7 Å². The zero-order chi connectivity index (χ0) is 37.1. The molecule has 0 spiro atoms. The molecule has 0 aromatic rings. The van der Waals surface area contributed by atoms with Gasteiger partial charge in [-0.3, -0.25) is 28.8 Å². The molecule has 54 heavy (non-hydrogen) atoms. The lowest BCUT2D eigenvalue weighted by Crippen LogP contribution is -2.59. The van der Waals surface area contributed by atoms with Crippen molar-refractivity contribution in [3.63, 3.8) is 0 Å². The van der Waals surface area contributed by atoms with Gasteiger partial charge in [-0.05, 0) is 139 Å². The van der Waals surface area contributed by atoms with Crippen LogP contribution in [0.2, 0.25) is 0 Å². The second kappa shape index (κ2) is 15.3. The summed E-state index contributed by atoms with van der Waals surface area (Å²) >= 11 is 0. The first-order chi connectivity index (χ1) is 26.3. The predicted octanol–water partition coefficient (Wildman–Crippen LogP) is 6.87. The van der Waals surface area contributed by atoms with Gasteiger partial charge in [0.05, 0.1) is 23.7 Å². The van der Waals surface area contributed by atoms with Crippen LogP contribution in [-0.2, 0) is 47.7 Å². The second-order valence-electron chi connectivity index (χ2n) is 18.9. The van der Waals surface area contributed by atoms with E-state index in [0.717, 1.165) is 128 Å². The summed E-state index contributed by atoms with van der Waals surface area (Å²) in [5.74, 6) is -9.88. The molecule has 0 N–H and O–H groups in total. The Labute approximate surface area is 319 Å². The van der Waals surface area contributed by atoms with Crippen LogP contribution in [0.3, 0.4) is 0 Å². The zero-order valence-corrected chi connectivity index (χ0v) is 31.9. The second-order valence-corrected chi connectivity index (χ2v) is 18.9. The fourth-order valence-corrected chi connectivity index (χ4v) is 13.8. The summed E-state index contributed by atoms with van der Waals surface area (Å²) in [7, 11) is 0. The first-order valence-corrected chi connectivity index (χ1v) is 22.2. The van der Waals surface area contributed by atoms with Crippen molar-refractivity contribution in [2.24, 2.45) is 71.0 Å². The van der Waals surface area contributed by atoms with E-state index in [0.29, 0.717) is 12.8 Å². The fraction of sp³-hybridized carbons (Fsp3) is 0.864. The molecule has 0 aromatic heterocycles. The van der Waals surface area contributed by atoms with Gasteiger partial charge in [0, 0.05) is 23.7 Å². The summed E-state index contributed by atoms with van der Waals surface area (Å²) in [6, 6.07) is 0. The molecule has 9 aliphatic carbocycles. The lowest BCUT2D eigenvalue weighted by Gasteiger charge is -2.48. The summed E-state index contributed by atoms with van der Waals surface area (Å²) in [5.41, 5.74) is 0. The van der Waals surface area contributed by atoms with Gasteiger partial charge in [0.1, 0.15) is 36.0 Å². The van der Waals surface area contributed by atoms with Gasteiger partial charge in [-0.15, -0.1) is 0 Å². The Balaban J connectivity index is 1.01. The standard InChI is InChI=1S/C44H60O10/c45-39-31-27-21-28(36(42(48)52-24-15-7-2-8-16-24)35(27)41(47)51-23-13-5-1-6-14-23)32(31)40(46)34-30-22-29(33(34)39)37(43(49)53-25-17-9-3-10-18-25)38(30)44(50)54-26-19-11-4-12-20-26/h23-38H,1-22H2. The molecular weight excluding hydrogens is 688 g/mol. The number of Topliss-reactive ketones (excluding diaryl/α,β-unsaturated/α-hetero) is 2. The monoisotopic (exact) mass is 748 g/mol. The minimum absolute atomic E-state index is 0.0614. The molecule has 0 heterocycles. The van der Waals surface area contributed by atoms with Crippen molar-refractivity contribution in [3.05, 3.63) is 0 Å². The number of hydrogen-bond donors (Lipinski definition) is 0. The first kappa shape index (κ1) is 36.8. The third kappa shape index (κ3) is 6.45. The lowest BCUT2D eigenvalue weighted by atomic mass is 9.53. The minimum Gasteiger partial charge on any atom is -0.462 e. The Morgan fingerprint density at radius 1 is 0.333 bits per heavy atom. The summed E-state index contributed by atoms with van der Waals surface area (Å²) in [5, 5.41) is 0. The molecule has 9 aliphatic rings. The molecule has 12 atom stereocenters. The van der Waals surface area contributed by atoms with Crippen LogP contribution in [0.15, 0.2) is 0 Å². The van der Waals surface area contributed by atoms with Gasteiger partial charge in [0.25, 0.3) is 0 Å². The maximum absolute atomic E-state index is 15.0. The molecule has 9 rings (SSSR count). The number of carbonyl (C=O) groups excluding carboxylic acids is 6. The largest absolute Gasteiger partial charge is 0.462 e. The van der Waals surface area contributed by atoms with Crippen LogP contribution >= 0.6 is 0 Å². The molecule has 0 aliphatic heterocycles. The molecule has 10 nitrogen and oxygen atoms in total. The molecule has 10 heteroatoms. The van der Waals surface area contributed by atoms with Crippen molar-refractivity contribution in [2.45, 2.75) is 166 Å². The smallest absolute Gasteiger partial charge is 0.310 e. The van der Waals surface area contributed by atoms with E-state index in [1.54, 1.807) is 0 Å². The van der Waals surface area contributed by atoms with Crippen LogP contribution in [0.1, 0.15) is 141 Å². The molecule has 0 radical (unpaired) electrons. The lowest BCUT2D eigenvalue weighted by molar-refractivity contribution is -0.182. The van der Waals surface area contributed by atoms with Gasteiger partial charge >= 0.3 is 23.9 Å². The molecule has 9 fully saturated rings. The van der Waals surface area contributed by atoms with Crippen LogP contribution in [0.5, 0.6) is 0 Å². The average Bonchev–Trinajstić information content (AvgIpc) is 3.97. The van der Waals surface area contributed by atoms with Gasteiger partial charge in [-0.2, -0.15) is 0 Å². The molecular formula is C44H60O10. The van der Waals surface area contributed by atoms with Gasteiger partial charge < -0.3 is 18.9 Å². The van der Waals surface area contributed by atoms with Crippen molar-refractivity contribution in [3.8, 4) is 0 Å². The van der Waals surface area contributed by atoms with E-state index in [1.165, 1.54) is 0 Å². The van der Waals surface area contributed by atoms with E-state index in [9.17, 15) is 19.2 Å². The Morgan fingerprint density at radius 2 is 0.537 bits per heavy atom. The Bertz CT molecular complexity index is 1270. The average molecular weight is 749 g/mol. The van der Waals surface area contributed by atoms with Crippen LogP contribution in [0.4, 0.5) is 0 Å². The number of ether oxygens (including phenoxy) is 4. The first-order valence-electron chi connectivity index (χ1n) is 22.2. The maximum Gasteiger partial charge on any atom is 0.310 e. The van der Waals surface area contributed by atoms with Crippen LogP contribution in [-0.4, -0.2) is 59.9 Å². The van der Waals surface area contributed by atoms with E-state index in [4.69, 9.17) is 18.9 Å². The van der Waals surface area contributed by atoms with E-state index in [1.807, 2.05) is 0 Å². The van der Waals surface area contributed by atoms with Crippen LogP contribution in [0, 0.1) is 71.0 Å². The summed E-state index contributed by atoms with van der Waals surface area (Å²) < 4.78 is 24.6. The molecule has 12 unspecified atom stereocenters. The Kier molecular flexibility index (Phi) is 10.4. The van der Waals surface area contributed by atoms with Gasteiger partial charge in [0.2, 0.25) is 0 Å². The molecule has 4 bridgehead atoms. The number of hydrogen-bond acceptors (Lipinski definition) is 10. The molecule has 0 saturated heterocycles. The van der Waals surface area contributed by atoms with E-state index in [-0.39, 0.29) is 36.0 Å². The highest BCUT2D eigenvalue weighted by Gasteiger charge is 2.75. The topological polar surface area (TPSA) is 139 Å². The van der Waals surface area contributed by atoms with E-state index < -0.39 is 94.9 Å². The van der Waals surface area contributed by atoms with Gasteiger partial charge in [0.15, 0.2) is 0 Å². The van der Waals surface area contributed by atoms with Crippen molar-refractivity contribution in [2.75, 3.05) is 0 Å². The highest BCUT2D eigenvalue weighted by Crippen LogP contribution is 2.69. The van der Waals surface area contributed by atoms with E-state index in [2.05, 4.69) is 0 Å². The highest BCUT2D eigenvalue weighted by molar-refractivity contribution is 6.04. The molecule has 0 amide bonds. The summed E-state index contributed by atoms with van der Waals surface area (Å²) in [6.45, 7) is 0. The normalized spacial score (nSPS) is 41.3. The molecule has 296 valence electrons. The SMILES string of the molecule is O=C(OC1CCCCC1)C1C2CC(C1C(=O)OC1CCCCC1)C1C(=O)C3C4CC(C(C(=O)OC5CCCCC5)C4C(=O)OC4CCCCC4)C3C(=O)C21. The van der Waals surface area contributed by atoms with Crippen molar-refractivity contribution in [1.82, 2.24) is 0 Å². The number of fused-ring (bicyclic) bond motifs is 10. The quantitative estimate of drug-likeness (QED) is 0.191. The van der Waals surface area contributed by atoms with Crippen LogP contribution < -0.4 is 0 Å². The fourth-order valence-electron chi connectivity index (χ4n) is 13.8. The van der Waals surface area contributed by atoms with Gasteiger partial charge in [-0.25, -0.2) is 0 Å². The Morgan fingerprint density at radius 3 is 0.741 bits per heavy atom. The summed E-state index contributed by atoms with van der Waals surface area (Å²) in [4.78, 5) is 86.9. The number of ketones is 2. The number of carbonyl (C=O) groups is 6.